The third kappa shape index (κ3) is 3.92. The number of hydrogen-bond acceptors (Lipinski definition) is 7. The molecule has 0 bridgehead atoms. The lowest BCUT2D eigenvalue weighted by molar-refractivity contribution is 0.821. The number of nitrogens with zero attached hydrogens (tertiary/aromatic N) is 4. The summed E-state index contributed by atoms with van der Waals surface area (Å²) in [5.41, 5.74) is 1.06. The van der Waals surface area contributed by atoms with Gasteiger partial charge in [0.2, 0.25) is 5.16 Å². The molecule has 5 nitrogen and oxygen atoms in total. The second-order valence-electron chi connectivity index (χ2n) is 4.43. The van der Waals surface area contributed by atoms with Crippen LogP contribution in [0.3, 0.4) is 0 Å². The fraction of sp³-hybridized carbons (Fsp3) is 0.308. The zero-order chi connectivity index (χ0) is 15.4. The summed E-state index contributed by atoms with van der Waals surface area (Å²) in [6.07, 6.45) is 0. The molecule has 0 saturated heterocycles. The van der Waals surface area contributed by atoms with Crippen molar-refractivity contribution >= 4 is 51.3 Å². The van der Waals surface area contributed by atoms with E-state index < -0.39 is 0 Å². The van der Waals surface area contributed by atoms with Gasteiger partial charge in [0, 0.05) is 16.5 Å². The topological polar surface area (TPSA) is 69.1 Å². The molecule has 1 aromatic carbocycles. The second-order valence-corrected chi connectivity index (χ2v) is 8.09. The molecule has 0 radical (unpaired) electrons. The van der Waals surface area contributed by atoms with Crippen molar-refractivity contribution in [3.63, 3.8) is 0 Å². The number of halogens is 1. The minimum absolute atomic E-state index is 0.683. The van der Waals surface area contributed by atoms with Gasteiger partial charge in [0.15, 0.2) is 5.82 Å². The Hall–Kier alpha value is -0.830. The van der Waals surface area contributed by atoms with Crippen molar-refractivity contribution in [2.75, 3.05) is 18.1 Å². The van der Waals surface area contributed by atoms with E-state index in [1.54, 1.807) is 28.2 Å². The number of hydrogen-bond donors (Lipinski definition) is 1. The third-order valence-corrected chi connectivity index (χ3v) is 6.54. The summed E-state index contributed by atoms with van der Waals surface area (Å²) >= 11 is 11.1. The van der Waals surface area contributed by atoms with E-state index in [2.05, 4.69) is 15.2 Å². The van der Waals surface area contributed by atoms with E-state index in [0.29, 0.717) is 16.7 Å². The lowest BCUT2D eigenvalue weighted by atomic mass is 10.2. The highest BCUT2D eigenvalue weighted by molar-refractivity contribution is 8.38. The molecule has 0 saturated carbocycles. The molecule has 0 spiro atoms. The Labute approximate surface area is 146 Å². The Morgan fingerprint density at radius 3 is 2.86 bits per heavy atom. The van der Waals surface area contributed by atoms with Crippen LogP contribution in [-0.4, -0.2) is 31.5 Å². The van der Waals surface area contributed by atoms with Crippen LogP contribution in [0.4, 0.5) is 0 Å². The van der Waals surface area contributed by atoms with E-state index in [-0.39, 0.29) is 0 Å². The standard InChI is InChI=1S/C13H14ClN5S3/c14-10-4-2-1-3-9(10)7-21-12-18-17-11(19(12)15)8-22-13-16-5-6-20-13/h1-4H,5-8,15H2. The van der Waals surface area contributed by atoms with E-state index in [4.69, 9.17) is 17.4 Å². The highest BCUT2D eigenvalue weighted by atomic mass is 35.5. The van der Waals surface area contributed by atoms with Crippen molar-refractivity contribution in [1.29, 1.82) is 0 Å². The first-order chi connectivity index (χ1) is 10.7. The summed E-state index contributed by atoms with van der Waals surface area (Å²) in [4.78, 5) is 4.40. The largest absolute Gasteiger partial charge is 0.336 e. The molecule has 0 unspecified atom stereocenters. The summed E-state index contributed by atoms with van der Waals surface area (Å²) in [7, 11) is 0. The summed E-state index contributed by atoms with van der Waals surface area (Å²) in [6.45, 7) is 0.904. The maximum Gasteiger partial charge on any atom is 0.210 e. The first-order valence-electron chi connectivity index (χ1n) is 6.59. The van der Waals surface area contributed by atoms with Gasteiger partial charge in [-0.15, -0.1) is 10.2 Å². The van der Waals surface area contributed by atoms with E-state index in [9.17, 15) is 0 Å². The van der Waals surface area contributed by atoms with Gasteiger partial charge in [-0.1, -0.05) is 65.1 Å². The van der Waals surface area contributed by atoms with Crippen molar-refractivity contribution in [2.24, 2.45) is 4.99 Å². The van der Waals surface area contributed by atoms with Crippen molar-refractivity contribution < 1.29 is 0 Å². The van der Waals surface area contributed by atoms with E-state index in [0.717, 1.165) is 33.1 Å². The van der Waals surface area contributed by atoms with Crippen LogP contribution in [0.5, 0.6) is 0 Å². The number of nitrogen functional groups attached to an aromatic ring is 1. The van der Waals surface area contributed by atoms with Crippen molar-refractivity contribution in [1.82, 2.24) is 14.9 Å². The van der Waals surface area contributed by atoms with Crippen LogP contribution < -0.4 is 5.84 Å². The average Bonchev–Trinajstić information content (AvgIpc) is 3.15. The first kappa shape index (κ1) is 16.0. The minimum atomic E-state index is 0.683. The van der Waals surface area contributed by atoms with Crippen LogP contribution in [0.2, 0.25) is 5.02 Å². The Balaban J connectivity index is 1.59. The van der Waals surface area contributed by atoms with E-state index in [1.165, 1.54) is 11.8 Å². The van der Waals surface area contributed by atoms with Crippen LogP contribution in [0.1, 0.15) is 11.4 Å². The fourth-order valence-electron chi connectivity index (χ4n) is 1.79. The minimum Gasteiger partial charge on any atom is -0.336 e. The molecule has 3 rings (SSSR count). The summed E-state index contributed by atoms with van der Waals surface area (Å²) in [6, 6.07) is 7.77. The number of rotatable bonds is 5. The highest BCUT2D eigenvalue weighted by Gasteiger charge is 2.14. The normalized spacial score (nSPS) is 14.3. The van der Waals surface area contributed by atoms with Crippen molar-refractivity contribution in [3.05, 3.63) is 40.7 Å². The molecule has 1 aliphatic rings. The molecule has 9 heteroatoms. The summed E-state index contributed by atoms with van der Waals surface area (Å²) < 4.78 is 2.66. The lowest BCUT2D eigenvalue weighted by Crippen LogP contribution is -2.13. The Morgan fingerprint density at radius 2 is 2.09 bits per heavy atom. The number of thioether (sulfide) groups is 3. The predicted molar refractivity (Wildman–Crippen MR) is 97.2 cm³/mol. The number of aliphatic imine (C=N–C) groups is 1. The molecule has 0 fully saturated rings. The average molecular weight is 372 g/mol. The molecule has 22 heavy (non-hydrogen) atoms. The van der Waals surface area contributed by atoms with Crippen molar-refractivity contribution in [3.8, 4) is 0 Å². The third-order valence-electron chi connectivity index (χ3n) is 2.93. The highest BCUT2D eigenvalue weighted by Crippen LogP contribution is 2.27. The van der Waals surface area contributed by atoms with Gasteiger partial charge in [-0.3, -0.25) is 4.99 Å². The van der Waals surface area contributed by atoms with Gasteiger partial charge >= 0.3 is 0 Å². The van der Waals surface area contributed by atoms with Gasteiger partial charge in [0.1, 0.15) is 4.38 Å². The van der Waals surface area contributed by atoms with Gasteiger partial charge in [0.05, 0.1) is 12.3 Å². The van der Waals surface area contributed by atoms with Crippen LogP contribution in [0.15, 0.2) is 34.4 Å². The second kappa shape index (κ2) is 7.63. The van der Waals surface area contributed by atoms with Crippen LogP contribution in [0.25, 0.3) is 0 Å². The molecular weight excluding hydrogens is 358 g/mol. The zero-order valence-electron chi connectivity index (χ0n) is 11.6. The van der Waals surface area contributed by atoms with Gasteiger partial charge in [-0.2, -0.15) is 0 Å². The van der Waals surface area contributed by atoms with Crippen molar-refractivity contribution in [2.45, 2.75) is 16.7 Å². The van der Waals surface area contributed by atoms with Gasteiger partial charge in [-0.25, -0.2) is 4.68 Å². The molecule has 2 aromatic rings. The maximum absolute atomic E-state index is 6.15. The molecule has 0 amide bonds. The van der Waals surface area contributed by atoms with Gasteiger partial charge < -0.3 is 5.84 Å². The number of aromatic nitrogens is 3. The zero-order valence-corrected chi connectivity index (χ0v) is 14.8. The predicted octanol–water partition coefficient (Wildman–Crippen LogP) is 3.27. The van der Waals surface area contributed by atoms with Gasteiger partial charge in [0.25, 0.3) is 0 Å². The fourth-order valence-corrected chi connectivity index (χ4v) is 4.88. The number of nitrogens with two attached hydrogens (primary N) is 1. The molecule has 1 aliphatic heterocycles. The van der Waals surface area contributed by atoms with Crippen LogP contribution in [0, 0.1) is 0 Å². The quantitative estimate of drug-likeness (QED) is 0.642. The Kier molecular flexibility index (Phi) is 5.56. The van der Waals surface area contributed by atoms with E-state index in [1.807, 2.05) is 24.3 Å². The Morgan fingerprint density at radius 1 is 1.23 bits per heavy atom. The molecule has 2 heterocycles. The molecule has 1 aromatic heterocycles. The monoisotopic (exact) mass is 371 g/mol. The molecule has 0 atom stereocenters. The summed E-state index contributed by atoms with van der Waals surface area (Å²) in [5, 5.41) is 9.76. The van der Waals surface area contributed by atoms with E-state index >= 15 is 0 Å². The smallest absolute Gasteiger partial charge is 0.210 e. The maximum atomic E-state index is 6.15. The first-order valence-corrected chi connectivity index (χ1v) is 9.93. The summed E-state index contributed by atoms with van der Waals surface area (Å²) in [5.74, 6) is 9.28. The van der Waals surface area contributed by atoms with Crippen LogP contribution >= 0.6 is 46.9 Å². The molecule has 0 aliphatic carbocycles. The molecule has 2 N–H and O–H groups in total. The lowest BCUT2D eigenvalue weighted by Gasteiger charge is -2.05. The molecule has 116 valence electrons. The molecular formula is C13H14ClN5S3. The van der Waals surface area contributed by atoms with Crippen LogP contribution in [-0.2, 0) is 11.5 Å². The Bertz CT molecular complexity index is 688. The SMILES string of the molecule is Nn1c(CSC2=NCCS2)nnc1SCc1ccccc1Cl. The number of benzene rings is 1. The van der Waals surface area contributed by atoms with Gasteiger partial charge in [-0.05, 0) is 11.6 Å².